The van der Waals surface area contributed by atoms with E-state index >= 15 is 0 Å². The topological polar surface area (TPSA) is 46.2 Å². The summed E-state index contributed by atoms with van der Waals surface area (Å²) in [4.78, 5) is -0.108. The Bertz CT molecular complexity index is 790. The number of aryl methyl sites for hydroxylation is 1. The SMILES string of the molecule is CCCCc1ccc(NS(=O)(=O)c2cc(Cl)c(Cl)cc2Cl)cc1. The van der Waals surface area contributed by atoms with Crippen LogP contribution >= 0.6 is 34.8 Å². The lowest BCUT2D eigenvalue weighted by molar-refractivity contribution is 0.601. The lowest BCUT2D eigenvalue weighted by atomic mass is 10.1. The molecule has 0 saturated heterocycles. The summed E-state index contributed by atoms with van der Waals surface area (Å²) >= 11 is 17.7. The molecule has 3 nitrogen and oxygen atoms in total. The monoisotopic (exact) mass is 391 g/mol. The average Bonchev–Trinajstić information content (AvgIpc) is 2.49. The van der Waals surface area contributed by atoms with Crippen molar-refractivity contribution in [1.29, 1.82) is 0 Å². The normalized spacial score (nSPS) is 11.5. The van der Waals surface area contributed by atoms with Gasteiger partial charge in [-0.15, -0.1) is 0 Å². The van der Waals surface area contributed by atoms with E-state index in [9.17, 15) is 8.42 Å². The van der Waals surface area contributed by atoms with Crippen molar-refractivity contribution >= 4 is 50.5 Å². The van der Waals surface area contributed by atoms with E-state index in [0.717, 1.165) is 19.3 Å². The Morgan fingerprint density at radius 2 is 1.57 bits per heavy atom. The average molecular weight is 393 g/mol. The number of rotatable bonds is 6. The van der Waals surface area contributed by atoms with Gasteiger partial charge in [0.2, 0.25) is 0 Å². The maximum absolute atomic E-state index is 12.4. The van der Waals surface area contributed by atoms with Gasteiger partial charge < -0.3 is 0 Å². The largest absolute Gasteiger partial charge is 0.280 e. The molecule has 7 heteroatoms. The highest BCUT2D eigenvalue weighted by Gasteiger charge is 2.20. The van der Waals surface area contributed by atoms with Crippen LogP contribution in [0.2, 0.25) is 15.1 Å². The Kier molecular flexibility index (Phi) is 6.20. The molecule has 2 aromatic carbocycles. The zero-order valence-corrected chi connectivity index (χ0v) is 15.5. The van der Waals surface area contributed by atoms with Gasteiger partial charge in [0.25, 0.3) is 10.0 Å². The van der Waals surface area contributed by atoms with Gasteiger partial charge in [0.05, 0.1) is 15.1 Å². The number of nitrogens with one attached hydrogen (secondary N) is 1. The third-order valence-corrected chi connectivity index (χ3v) is 5.86. The van der Waals surface area contributed by atoms with E-state index in [4.69, 9.17) is 34.8 Å². The molecule has 0 atom stereocenters. The van der Waals surface area contributed by atoms with E-state index < -0.39 is 10.0 Å². The second-order valence-electron chi connectivity index (χ2n) is 5.10. The van der Waals surface area contributed by atoms with Gasteiger partial charge in [-0.2, -0.15) is 0 Å². The Labute approximate surface area is 151 Å². The molecule has 2 aromatic rings. The van der Waals surface area contributed by atoms with Crippen molar-refractivity contribution in [3.8, 4) is 0 Å². The van der Waals surface area contributed by atoms with Crippen LogP contribution in [0.25, 0.3) is 0 Å². The van der Waals surface area contributed by atoms with Gasteiger partial charge in [-0.05, 0) is 42.7 Å². The van der Waals surface area contributed by atoms with Crippen molar-refractivity contribution in [2.75, 3.05) is 4.72 Å². The van der Waals surface area contributed by atoms with Gasteiger partial charge in [0.15, 0.2) is 0 Å². The molecule has 23 heavy (non-hydrogen) atoms. The van der Waals surface area contributed by atoms with Crippen LogP contribution in [0.5, 0.6) is 0 Å². The van der Waals surface area contributed by atoms with Crippen LogP contribution in [0, 0.1) is 0 Å². The molecule has 0 aliphatic rings. The number of unbranched alkanes of at least 4 members (excludes halogenated alkanes) is 1. The number of hydrogen-bond acceptors (Lipinski definition) is 2. The molecule has 0 fully saturated rings. The van der Waals surface area contributed by atoms with E-state index in [1.807, 2.05) is 12.1 Å². The van der Waals surface area contributed by atoms with Crippen molar-refractivity contribution in [1.82, 2.24) is 0 Å². The fourth-order valence-corrected chi connectivity index (χ4v) is 4.10. The molecule has 0 amide bonds. The third kappa shape index (κ3) is 4.77. The van der Waals surface area contributed by atoms with Crippen LogP contribution in [-0.2, 0) is 16.4 Å². The highest BCUT2D eigenvalue weighted by atomic mass is 35.5. The second kappa shape index (κ2) is 7.75. The van der Waals surface area contributed by atoms with Crippen LogP contribution in [-0.4, -0.2) is 8.42 Å². The predicted molar refractivity (Wildman–Crippen MR) is 97.3 cm³/mol. The minimum Gasteiger partial charge on any atom is -0.280 e. The van der Waals surface area contributed by atoms with Gasteiger partial charge in [-0.1, -0.05) is 60.3 Å². The first kappa shape index (κ1) is 18.4. The number of halogens is 3. The van der Waals surface area contributed by atoms with E-state index in [0.29, 0.717) is 5.69 Å². The summed E-state index contributed by atoms with van der Waals surface area (Å²) in [5, 5.41) is 0.355. The van der Waals surface area contributed by atoms with Gasteiger partial charge in [0, 0.05) is 5.69 Å². The zero-order chi connectivity index (χ0) is 17.0. The zero-order valence-electron chi connectivity index (χ0n) is 12.4. The molecule has 2 rings (SSSR count). The fraction of sp³-hybridized carbons (Fsp3) is 0.250. The Hall–Kier alpha value is -0.940. The highest BCUT2D eigenvalue weighted by molar-refractivity contribution is 7.92. The second-order valence-corrected chi connectivity index (χ2v) is 7.98. The van der Waals surface area contributed by atoms with E-state index in [1.54, 1.807) is 12.1 Å². The van der Waals surface area contributed by atoms with E-state index in [1.165, 1.54) is 17.7 Å². The van der Waals surface area contributed by atoms with Gasteiger partial charge in [-0.3, -0.25) is 4.72 Å². The molecule has 0 radical (unpaired) electrons. The summed E-state index contributed by atoms with van der Waals surface area (Å²) in [6.07, 6.45) is 3.19. The maximum atomic E-state index is 12.4. The standard InChI is InChI=1S/C16H16Cl3NO2S/c1-2-3-4-11-5-7-12(8-6-11)20-23(21,22)16-10-14(18)13(17)9-15(16)19/h5-10,20H,2-4H2,1H3. The first-order valence-corrected chi connectivity index (χ1v) is 9.71. The molecule has 0 unspecified atom stereocenters. The lowest BCUT2D eigenvalue weighted by Crippen LogP contribution is -2.13. The number of benzene rings is 2. The Morgan fingerprint density at radius 1 is 0.957 bits per heavy atom. The van der Waals surface area contributed by atoms with Gasteiger partial charge in [0.1, 0.15) is 4.90 Å². The number of anilines is 1. The molecule has 0 aliphatic heterocycles. The van der Waals surface area contributed by atoms with E-state index in [2.05, 4.69) is 11.6 Å². The quantitative estimate of drug-likeness (QED) is 0.632. The molecular formula is C16H16Cl3NO2S. The van der Waals surface area contributed by atoms with Crippen LogP contribution < -0.4 is 4.72 Å². The minimum absolute atomic E-state index is 0.0199. The van der Waals surface area contributed by atoms with Crippen molar-refractivity contribution in [2.45, 2.75) is 31.1 Å². The fourth-order valence-electron chi connectivity index (χ4n) is 2.04. The molecule has 0 heterocycles. The molecule has 0 aliphatic carbocycles. The number of sulfonamides is 1. The molecule has 0 bridgehead atoms. The van der Waals surface area contributed by atoms with Crippen molar-refractivity contribution < 1.29 is 8.42 Å². The molecular weight excluding hydrogens is 377 g/mol. The summed E-state index contributed by atoms with van der Waals surface area (Å²) in [6, 6.07) is 9.83. The smallest absolute Gasteiger partial charge is 0.263 e. The third-order valence-electron chi connectivity index (χ3n) is 3.29. The van der Waals surface area contributed by atoms with Crippen LogP contribution in [0.15, 0.2) is 41.3 Å². The number of hydrogen-bond donors (Lipinski definition) is 1. The summed E-state index contributed by atoms with van der Waals surface area (Å²) in [5.74, 6) is 0. The molecule has 1 N–H and O–H groups in total. The Morgan fingerprint density at radius 3 is 2.17 bits per heavy atom. The summed E-state index contributed by atoms with van der Waals surface area (Å²) in [5.41, 5.74) is 1.63. The first-order chi connectivity index (χ1) is 10.8. The summed E-state index contributed by atoms with van der Waals surface area (Å²) in [7, 11) is -3.84. The van der Waals surface area contributed by atoms with Gasteiger partial charge >= 0.3 is 0 Å². The van der Waals surface area contributed by atoms with Crippen LogP contribution in [0.3, 0.4) is 0 Å². The molecule has 0 aromatic heterocycles. The minimum atomic E-state index is -3.84. The molecule has 0 spiro atoms. The van der Waals surface area contributed by atoms with E-state index in [-0.39, 0.29) is 20.0 Å². The molecule has 0 saturated carbocycles. The molecule has 124 valence electrons. The predicted octanol–water partition coefficient (Wildman–Crippen LogP) is 5.79. The summed E-state index contributed by atoms with van der Waals surface area (Å²) in [6.45, 7) is 2.13. The van der Waals surface area contributed by atoms with Crippen molar-refractivity contribution in [3.63, 3.8) is 0 Å². The lowest BCUT2D eigenvalue weighted by Gasteiger charge is -2.11. The Balaban J connectivity index is 2.23. The first-order valence-electron chi connectivity index (χ1n) is 7.10. The maximum Gasteiger partial charge on any atom is 0.263 e. The van der Waals surface area contributed by atoms with Gasteiger partial charge in [-0.25, -0.2) is 8.42 Å². The summed E-state index contributed by atoms with van der Waals surface area (Å²) < 4.78 is 27.4. The van der Waals surface area contributed by atoms with Crippen LogP contribution in [0.1, 0.15) is 25.3 Å². The van der Waals surface area contributed by atoms with Crippen molar-refractivity contribution in [2.24, 2.45) is 0 Å². The van der Waals surface area contributed by atoms with Crippen molar-refractivity contribution in [3.05, 3.63) is 57.0 Å². The highest BCUT2D eigenvalue weighted by Crippen LogP contribution is 2.32. The van der Waals surface area contributed by atoms with Crippen LogP contribution in [0.4, 0.5) is 5.69 Å².